The lowest BCUT2D eigenvalue weighted by molar-refractivity contribution is -0.385. The van der Waals surface area contributed by atoms with Crippen molar-refractivity contribution in [2.75, 3.05) is 5.32 Å². The van der Waals surface area contributed by atoms with Gasteiger partial charge in [-0.15, -0.1) is 0 Å². The van der Waals surface area contributed by atoms with E-state index in [1.165, 1.54) is 19.2 Å². The number of hydrogen-bond acceptors (Lipinski definition) is 5. The van der Waals surface area contributed by atoms with Gasteiger partial charge in [0.05, 0.1) is 10.6 Å². The van der Waals surface area contributed by atoms with E-state index in [-0.39, 0.29) is 11.5 Å². The fraction of sp³-hybridized carbons (Fsp3) is 0.0909. The van der Waals surface area contributed by atoms with Crippen molar-refractivity contribution in [2.24, 2.45) is 4.99 Å². The zero-order valence-corrected chi connectivity index (χ0v) is 16.8. The van der Waals surface area contributed by atoms with Crippen LogP contribution in [-0.4, -0.2) is 22.2 Å². The Morgan fingerprint density at radius 2 is 1.97 bits per heavy atom. The van der Waals surface area contributed by atoms with Crippen molar-refractivity contribution in [3.63, 3.8) is 0 Å². The minimum Gasteiger partial charge on any atom is -0.502 e. The molecule has 0 bridgehead atoms. The highest BCUT2D eigenvalue weighted by atomic mass is 35.5. The Kier molecular flexibility index (Phi) is 6.44. The molecule has 7 nitrogen and oxygen atoms in total. The maximum absolute atomic E-state index is 11.4. The predicted octanol–water partition coefficient (Wildman–Crippen LogP) is 5.25. The number of nitrogens with one attached hydrogen (secondary N) is 1. The van der Waals surface area contributed by atoms with E-state index in [0.29, 0.717) is 28.4 Å². The minimum absolute atomic E-state index is 0.205. The highest BCUT2D eigenvalue weighted by Gasteiger charge is 2.19. The molecule has 0 saturated heterocycles. The van der Waals surface area contributed by atoms with Crippen LogP contribution in [0.2, 0.25) is 5.02 Å². The van der Waals surface area contributed by atoms with Gasteiger partial charge in [-0.2, -0.15) is 0 Å². The fourth-order valence-electron chi connectivity index (χ4n) is 2.91. The van der Waals surface area contributed by atoms with Gasteiger partial charge in [-0.05, 0) is 47.9 Å². The SMILES string of the molecule is CC(=O)Nc1cccc(N=Cc2cc(Cc3ccccc3Cl)cc([N+](=O)[O-])c2O)c1. The number of anilines is 1. The molecule has 0 unspecified atom stereocenters. The first-order valence-electron chi connectivity index (χ1n) is 8.99. The van der Waals surface area contributed by atoms with Crippen LogP contribution in [-0.2, 0) is 11.2 Å². The number of benzene rings is 3. The Labute approximate surface area is 177 Å². The van der Waals surface area contributed by atoms with E-state index in [4.69, 9.17) is 11.6 Å². The summed E-state index contributed by atoms with van der Waals surface area (Å²) >= 11 is 6.20. The smallest absolute Gasteiger partial charge is 0.311 e. The first-order chi connectivity index (χ1) is 14.3. The Balaban J connectivity index is 1.96. The van der Waals surface area contributed by atoms with Gasteiger partial charge >= 0.3 is 5.69 Å². The van der Waals surface area contributed by atoms with E-state index in [1.807, 2.05) is 12.1 Å². The molecule has 3 aromatic carbocycles. The highest BCUT2D eigenvalue weighted by Crippen LogP contribution is 2.32. The second-order valence-electron chi connectivity index (χ2n) is 6.57. The Morgan fingerprint density at radius 3 is 2.67 bits per heavy atom. The summed E-state index contributed by atoms with van der Waals surface area (Å²) in [5.74, 6) is -0.679. The number of carbonyl (C=O) groups excluding carboxylic acids is 1. The number of rotatable bonds is 6. The summed E-state index contributed by atoms with van der Waals surface area (Å²) in [5, 5.41) is 25.0. The van der Waals surface area contributed by atoms with Crippen molar-refractivity contribution >= 4 is 40.8 Å². The third kappa shape index (κ3) is 5.21. The Morgan fingerprint density at radius 1 is 1.20 bits per heavy atom. The number of nitrogens with zero attached hydrogens (tertiary/aromatic N) is 2. The molecule has 0 aliphatic carbocycles. The van der Waals surface area contributed by atoms with Gasteiger partial charge in [0.25, 0.3) is 0 Å². The summed E-state index contributed by atoms with van der Waals surface area (Å²) in [6.45, 7) is 1.40. The average molecular weight is 424 g/mol. The number of hydrogen-bond donors (Lipinski definition) is 2. The maximum Gasteiger partial charge on any atom is 0.311 e. The van der Waals surface area contributed by atoms with Crippen LogP contribution in [0.25, 0.3) is 0 Å². The number of nitro benzene ring substituents is 1. The van der Waals surface area contributed by atoms with Gasteiger partial charge in [0.2, 0.25) is 11.7 Å². The van der Waals surface area contributed by atoms with Crippen molar-refractivity contribution in [3.05, 3.63) is 92.5 Å². The summed E-state index contributed by atoms with van der Waals surface area (Å²) in [6.07, 6.45) is 1.71. The first kappa shape index (κ1) is 21.0. The van der Waals surface area contributed by atoms with Gasteiger partial charge in [-0.25, -0.2) is 0 Å². The number of phenols is 1. The minimum atomic E-state index is -0.639. The molecule has 0 spiro atoms. The van der Waals surface area contributed by atoms with E-state index in [0.717, 1.165) is 5.56 Å². The molecule has 8 heteroatoms. The summed E-state index contributed by atoms with van der Waals surface area (Å²) in [5.41, 5.74) is 2.30. The zero-order valence-electron chi connectivity index (χ0n) is 16.0. The monoisotopic (exact) mass is 423 g/mol. The van der Waals surface area contributed by atoms with Crippen molar-refractivity contribution in [3.8, 4) is 5.75 Å². The van der Waals surface area contributed by atoms with E-state index in [2.05, 4.69) is 10.3 Å². The quantitative estimate of drug-likeness (QED) is 0.320. The third-order valence-corrected chi connectivity index (χ3v) is 4.62. The molecule has 30 heavy (non-hydrogen) atoms. The van der Waals surface area contributed by atoms with Crippen molar-refractivity contribution in [1.29, 1.82) is 0 Å². The summed E-state index contributed by atoms with van der Waals surface area (Å²) in [7, 11) is 0. The van der Waals surface area contributed by atoms with Gasteiger partial charge in [-0.1, -0.05) is 35.9 Å². The van der Waals surface area contributed by atoms with Crippen LogP contribution in [0.5, 0.6) is 5.75 Å². The maximum atomic E-state index is 11.4. The molecule has 2 N–H and O–H groups in total. The third-order valence-electron chi connectivity index (χ3n) is 4.25. The molecule has 1 amide bonds. The van der Waals surface area contributed by atoms with Crippen LogP contribution in [0.15, 0.2) is 65.7 Å². The Bertz CT molecular complexity index is 1140. The molecule has 0 atom stereocenters. The summed E-state index contributed by atoms with van der Waals surface area (Å²) in [4.78, 5) is 26.3. The van der Waals surface area contributed by atoms with Crippen LogP contribution in [0.4, 0.5) is 17.1 Å². The molecule has 0 aromatic heterocycles. The van der Waals surface area contributed by atoms with Crippen LogP contribution in [0.1, 0.15) is 23.6 Å². The average Bonchev–Trinajstić information content (AvgIpc) is 2.69. The van der Waals surface area contributed by atoms with Crippen molar-refractivity contribution in [1.82, 2.24) is 0 Å². The molecule has 0 radical (unpaired) electrons. The first-order valence-corrected chi connectivity index (χ1v) is 9.36. The largest absolute Gasteiger partial charge is 0.502 e. The van der Waals surface area contributed by atoms with Gasteiger partial charge in [-0.3, -0.25) is 19.9 Å². The van der Waals surface area contributed by atoms with Gasteiger partial charge in [0.15, 0.2) is 0 Å². The topological polar surface area (TPSA) is 105 Å². The van der Waals surface area contributed by atoms with Gasteiger partial charge < -0.3 is 10.4 Å². The second-order valence-corrected chi connectivity index (χ2v) is 6.97. The number of amides is 1. The molecule has 3 aromatic rings. The van der Waals surface area contributed by atoms with Crippen LogP contribution in [0, 0.1) is 10.1 Å². The Hall–Kier alpha value is -3.71. The van der Waals surface area contributed by atoms with Crippen LogP contribution in [0.3, 0.4) is 0 Å². The molecule has 0 aliphatic rings. The lowest BCUT2D eigenvalue weighted by atomic mass is 10.0. The number of aliphatic imine (C=N–C) groups is 1. The second kappa shape index (κ2) is 9.19. The number of carbonyl (C=O) groups is 1. The molecule has 0 fully saturated rings. The standard InChI is InChI=1S/C22H18ClN3O4/c1-14(27)25-19-7-4-6-18(12-19)24-13-17-10-15(11-21(22(17)28)26(29)30)9-16-5-2-3-8-20(16)23/h2-8,10-13,28H,9H2,1H3,(H,25,27). The van der Waals surface area contributed by atoms with Gasteiger partial charge in [0, 0.05) is 35.5 Å². The van der Waals surface area contributed by atoms with Gasteiger partial charge in [0.1, 0.15) is 0 Å². The lowest BCUT2D eigenvalue weighted by Gasteiger charge is -2.08. The van der Waals surface area contributed by atoms with Crippen molar-refractivity contribution < 1.29 is 14.8 Å². The number of nitro groups is 1. The fourth-order valence-corrected chi connectivity index (χ4v) is 3.12. The summed E-state index contributed by atoms with van der Waals surface area (Å²) < 4.78 is 0. The van der Waals surface area contributed by atoms with Crippen LogP contribution < -0.4 is 5.32 Å². The molecule has 0 saturated carbocycles. The van der Waals surface area contributed by atoms with Crippen LogP contribution >= 0.6 is 11.6 Å². The molecule has 152 valence electrons. The van der Waals surface area contributed by atoms with Crippen molar-refractivity contribution in [2.45, 2.75) is 13.3 Å². The number of halogens is 1. The number of aromatic hydroxyl groups is 1. The predicted molar refractivity (Wildman–Crippen MR) is 117 cm³/mol. The molecular formula is C22H18ClN3O4. The van der Waals surface area contributed by atoms with E-state index < -0.39 is 16.4 Å². The molecule has 0 heterocycles. The molecule has 0 aliphatic heterocycles. The number of phenolic OH excluding ortho intramolecular Hbond substituents is 1. The van der Waals surface area contributed by atoms with E-state index in [1.54, 1.807) is 42.5 Å². The van der Waals surface area contributed by atoms with E-state index >= 15 is 0 Å². The zero-order chi connectivity index (χ0) is 21.7. The summed E-state index contributed by atoms with van der Waals surface area (Å²) in [6, 6.07) is 17.0. The highest BCUT2D eigenvalue weighted by molar-refractivity contribution is 6.31. The molecule has 3 rings (SSSR count). The normalized spacial score (nSPS) is 10.9. The molecular weight excluding hydrogens is 406 g/mol. The van der Waals surface area contributed by atoms with E-state index in [9.17, 15) is 20.0 Å². The lowest BCUT2D eigenvalue weighted by Crippen LogP contribution is -2.05.